The molecular weight excluding hydrogens is 399 g/mol. The summed E-state index contributed by atoms with van der Waals surface area (Å²) >= 11 is 0. The van der Waals surface area contributed by atoms with Crippen LogP contribution in [0.3, 0.4) is 0 Å². The number of nitrogens with zero attached hydrogens (tertiary/aromatic N) is 4. The number of halogens is 1. The summed E-state index contributed by atoms with van der Waals surface area (Å²) in [5.74, 6) is -0.459. The van der Waals surface area contributed by atoms with Gasteiger partial charge in [-0.3, -0.25) is 9.88 Å². The number of aryl methyl sites for hydroxylation is 1. The third-order valence-corrected chi connectivity index (χ3v) is 5.23. The van der Waals surface area contributed by atoms with Gasteiger partial charge < -0.3 is 20.4 Å². The number of pyridine rings is 1. The van der Waals surface area contributed by atoms with Crippen LogP contribution in [0.1, 0.15) is 18.2 Å². The van der Waals surface area contributed by atoms with Gasteiger partial charge in [0.15, 0.2) is 5.82 Å². The second kappa shape index (κ2) is 9.74. The molecule has 8 nitrogen and oxygen atoms in total. The molecule has 4 amide bonds. The van der Waals surface area contributed by atoms with Crippen LogP contribution < -0.4 is 10.6 Å². The van der Waals surface area contributed by atoms with Crippen molar-refractivity contribution in [2.24, 2.45) is 0 Å². The molecule has 1 aromatic heterocycles. The van der Waals surface area contributed by atoms with Crippen molar-refractivity contribution in [3.63, 3.8) is 0 Å². The molecule has 1 atom stereocenters. The van der Waals surface area contributed by atoms with Crippen LogP contribution >= 0.6 is 0 Å². The fourth-order valence-corrected chi connectivity index (χ4v) is 3.58. The van der Waals surface area contributed by atoms with Crippen LogP contribution in [0.15, 0.2) is 36.5 Å². The number of anilines is 2. The minimum absolute atomic E-state index is 0.0145. The van der Waals surface area contributed by atoms with Crippen LogP contribution in [0.4, 0.5) is 25.4 Å². The fraction of sp³-hybridized carbons (Fsp3) is 0.409. The van der Waals surface area contributed by atoms with Crippen molar-refractivity contribution >= 4 is 23.4 Å². The Morgan fingerprint density at radius 2 is 1.97 bits per heavy atom. The molecule has 2 heterocycles. The van der Waals surface area contributed by atoms with Crippen molar-refractivity contribution in [3.8, 4) is 0 Å². The number of carbonyl (C=O) groups is 2. The van der Waals surface area contributed by atoms with Gasteiger partial charge in [0.2, 0.25) is 0 Å². The van der Waals surface area contributed by atoms with E-state index in [-0.39, 0.29) is 17.8 Å². The van der Waals surface area contributed by atoms with Gasteiger partial charge in [-0.2, -0.15) is 0 Å². The molecule has 31 heavy (non-hydrogen) atoms. The molecule has 0 radical (unpaired) electrons. The van der Waals surface area contributed by atoms with Gasteiger partial charge in [-0.05, 0) is 32.0 Å². The number of rotatable bonds is 4. The Hall–Kier alpha value is -3.20. The molecule has 1 fully saturated rings. The molecule has 9 heteroatoms. The van der Waals surface area contributed by atoms with E-state index in [1.165, 1.54) is 6.07 Å². The molecule has 1 aliphatic rings. The monoisotopic (exact) mass is 428 g/mol. The van der Waals surface area contributed by atoms with E-state index < -0.39 is 11.8 Å². The van der Waals surface area contributed by atoms with E-state index in [1.807, 2.05) is 18.7 Å². The average molecular weight is 429 g/mol. The number of nitrogens with one attached hydrogen (secondary N) is 2. The lowest BCUT2D eigenvalue weighted by atomic mass is 10.1. The zero-order valence-corrected chi connectivity index (χ0v) is 18.4. The largest absolute Gasteiger partial charge is 0.331 e. The van der Waals surface area contributed by atoms with Gasteiger partial charge in [-0.1, -0.05) is 12.1 Å². The first-order valence-corrected chi connectivity index (χ1v) is 10.2. The minimum Gasteiger partial charge on any atom is -0.331 e. The van der Waals surface area contributed by atoms with Crippen LogP contribution in [-0.4, -0.2) is 71.5 Å². The number of carbonyl (C=O) groups excluding carboxylic acids is 2. The smallest absolute Gasteiger partial charge is 0.323 e. The van der Waals surface area contributed by atoms with Crippen LogP contribution in [0, 0.1) is 12.7 Å². The van der Waals surface area contributed by atoms with Gasteiger partial charge in [0.25, 0.3) is 0 Å². The van der Waals surface area contributed by atoms with Gasteiger partial charge in [-0.25, -0.2) is 14.0 Å². The van der Waals surface area contributed by atoms with E-state index in [9.17, 15) is 9.59 Å². The molecule has 0 saturated carbocycles. The predicted octanol–water partition coefficient (Wildman–Crippen LogP) is 3.36. The van der Waals surface area contributed by atoms with Crippen molar-refractivity contribution in [1.29, 1.82) is 0 Å². The third kappa shape index (κ3) is 5.69. The zero-order chi connectivity index (χ0) is 22.5. The van der Waals surface area contributed by atoms with Gasteiger partial charge in [0, 0.05) is 57.6 Å². The summed E-state index contributed by atoms with van der Waals surface area (Å²) in [6, 6.07) is 7.95. The second-order valence-electron chi connectivity index (χ2n) is 8.00. The van der Waals surface area contributed by atoms with Gasteiger partial charge in [0.05, 0.1) is 17.6 Å². The van der Waals surface area contributed by atoms with Crippen molar-refractivity contribution < 1.29 is 14.0 Å². The molecule has 2 N–H and O–H groups in total. The molecule has 3 rings (SSSR count). The van der Waals surface area contributed by atoms with Gasteiger partial charge in [0.1, 0.15) is 0 Å². The van der Waals surface area contributed by atoms with Crippen LogP contribution in [-0.2, 0) is 6.54 Å². The van der Waals surface area contributed by atoms with Crippen molar-refractivity contribution in [1.82, 2.24) is 19.7 Å². The van der Waals surface area contributed by atoms with E-state index in [2.05, 4.69) is 20.5 Å². The first-order valence-electron chi connectivity index (χ1n) is 10.2. The third-order valence-electron chi connectivity index (χ3n) is 5.23. The summed E-state index contributed by atoms with van der Waals surface area (Å²) < 4.78 is 15.0. The number of hydrogen-bond donors (Lipinski definition) is 2. The SMILES string of the molecule is Cc1ccc(NC(=O)Nc2cccc(CN3CCN(C(=O)N(C)C)[C@@H](C)C3)c2F)cn1. The zero-order valence-electron chi connectivity index (χ0n) is 18.4. The van der Waals surface area contributed by atoms with Crippen molar-refractivity contribution in [2.45, 2.75) is 26.4 Å². The maximum Gasteiger partial charge on any atom is 0.323 e. The minimum atomic E-state index is -0.536. The molecule has 0 bridgehead atoms. The Bertz CT molecular complexity index is 934. The maximum absolute atomic E-state index is 15.0. The lowest BCUT2D eigenvalue weighted by Crippen LogP contribution is -2.55. The Kier molecular flexibility index (Phi) is 7.06. The standard InChI is InChI=1S/C22H29FN6O2/c1-15-8-9-18(12-24-15)25-21(30)26-19-7-5-6-17(20(19)23)14-28-10-11-29(16(2)13-28)22(31)27(3)4/h5-9,12,16H,10-11,13-14H2,1-4H3,(H2,25,26,30)/t16-/m0/s1. The summed E-state index contributed by atoms with van der Waals surface area (Å²) in [5, 5.41) is 5.21. The number of piperazine rings is 1. The van der Waals surface area contributed by atoms with Crippen LogP contribution in [0.25, 0.3) is 0 Å². The number of amides is 4. The summed E-state index contributed by atoms with van der Waals surface area (Å²) in [7, 11) is 3.47. The highest BCUT2D eigenvalue weighted by atomic mass is 19.1. The molecule has 1 aromatic carbocycles. The Balaban J connectivity index is 1.61. The quantitative estimate of drug-likeness (QED) is 0.783. The van der Waals surface area contributed by atoms with Crippen LogP contribution in [0.2, 0.25) is 0 Å². The number of aromatic nitrogens is 1. The van der Waals surface area contributed by atoms with Gasteiger partial charge in [-0.15, -0.1) is 0 Å². The highest BCUT2D eigenvalue weighted by molar-refractivity contribution is 5.99. The van der Waals surface area contributed by atoms with E-state index in [1.54, 1.807) is 49.5 Å². The predicted molar refractivity (Wildman–Crippen MR) is 119 cm³/mol. The molecule has 2 aromatic rings. The highest BCUT2D eigenvalue weighted by Gasteiger charge is 2.28. The fourth-order valence-electron chi connectivity index (χ4n) is 3.58. The van der Waals surface area contributed by atoms with Crippen LogP contribution in [0.5, 0.6) is 0 Å². The second-order valence-corrected chi connectivity index (χ2v) is 8.00. The summed E-state index contributed by atoms with van der Waals surface area (Å²) in [6.45, 7) is 6.14. The van der Waals surface area contributed by atoms with Gasteiger partial charge >= 0.3 is 12.1 Å². The lowest BCUT2D eigenvalue weighted by Gasteiger charge is -2.40. The molecule has 166 valence electrons. The summed E-state index contributed by atoms with van der Waals surface area (Å²) in [5.41, 5.74) is 1.98. The molecule has 1 saturated heterocycles. The van der Waals surface area contributed by atoms with E-state index in [0.29, 0.717) is 37.4 Å². The Morgan fingerprint density at radius 1 is 1.19 bits per heavy atom. The van der Waals surface area contributed by atoms with E-state index in [0.717, 1.165) is 5.69 Å². The first-order chi connectivity index (χ1) is 14.7. The van der Waals surface area contributed by atoms with E-state index in [4.69, 9.17) is 0 Å². The average Bonchev–Trinajstić information content (AvgIpc) is 2.72. The highest BCUT2D eigenvalue weighted by Crippen LogP contribution is 2.22. The van der Waals surface area contributed by atoms with Crippen molar-refractivity contribution in [2.75, 3.05) is 44.4 Å². The number of hydrogen-bond acceptors (Lipinski definition) is 4. The van der Waals surface area contributed by atoms with Crippen molar-refractivity contribution in [3.05, 3.63) is 53.6 Å². The molecule has 1 aliphatic heterocycles. The maximum atomic E-state index is 15.0. The molecule has 0 aliphatic carbocycles. The van der Waals surface area contributed by atoms with E-state index >= 15 is 4.39 Å². The molecular formula is C22H29FN6O2. The topological polar surface area (TPSA) is 80.8 Å². The molecule has 0 spiro atoms. The number of benzene rings is 1. The normalized spacial score (nSPS) is 16.7. The Morgan fingerprint density at radius 3 is 2.61 bits per heavy atom. The number of urea groups is 2. The first kappa shape index (κ1) is 22.5. The Labute approximate surface area is 182 Å². The molecule has 0 unspecified atom stereocenters. The summed E-state index contributed by atoms with van der Waals surface area (Å²) in [4.78, 5) is 34.1. The summed E-state index contributed by atoms with van der Waals surface area (Å²) in [6.07, 6.45) is 1.55. The lowest BCUT2D eigenvalue weighted by molar-refractivity contribution is 0.0846.